The van der Waals surface area contributed by atoms with Gasteiger partial charge in [-0.3, -0.25) is 9.59 Å². The molecule has 166 valence electrons. The summed E-state index contributed by atoms with van der Waals surface area (Å²) in [6.07, 6.45) is 0. The van der Waals surface area contributed by atoms with Gasteiger partial charge in [0.2, 0.25) is 5.43 Å². The Kier molecular flexibility index (Phi) is 6.29. The van der Waals surface area contributed by atoms with E-state index in [0.29, 0.717) is 33.1 Å². The summed E-state index contributed by atoms with van der Waals surface area (Å²) < 4.78 is 6.90. The topological polar surface area (TPSA) is 73.2 Å². The predicted molar refractivity (Wildman–Crippen MR) is 131 cm³/mol. The minimum Gasteiger partial charge on any atom is -0.497 e. The number of hydrogen-bond donors (Lipinski definition) is 1. The van der Waals surface area contributed by atoms with Gasteiger partial charge in [-0.2, -0.15) is 5.10 Å². The van der Waals surface area contributed by atoms with Gasteiger partial charge in [0.1, 0.15) is 17.3 Å². The predicted octanol–water partition coefficient (Wildman–Crippen LogP) is 5.43. The minimum absolute atomic E-state index is 0.256. The average molecular weight is 460 g/mol. The van der Waals surface area contributed by atoms with Crippen molar-refractivity contribution in [2.75, 3.05) is 12.4 Å². The number of benzene rings is 3. The van der Waals surface area contributed by atoms with Crippen LogP contribution in [0, 0.1) is 13.8 Å². The summed E-state index contributed by atoms with van der Waals surface area (Å²) in [4.78, 5) is 26.5. The Labute approximate surface area is 196 Å². The molecule has 0 unspecified atom stereocenters. The molecule has 0 saturated heterocycles. The minimum atomic E-state index is -0.355. The van der Waals surface area contributed by atoms with Crippen LogP contribution < -0.4 is 15.5 Å². The zero-order chi connectivity index (χ0) is 23.5. The molecule has 3 aromatic carbocycles. The van der Waals surface area contributed by atoms with Crippen molar-refractivity contribution in [2.24, 2.45) is 0 Å². The number of methoxy groups -OCH3 is 1. The Morgan fingerprint density at radius 1 is 1.00 bits per heavy atom. The summed E-state index contributed by atoms with van der Waals surface area (Å²) in [5.74, 6) is 0.494. The van der Waals surface area contributed by atoms with E-state index in [1.165, 1.54) is 0 Å². The van der Waals surface area contributed by atoms with E-state index in [0.717, 1.165) is 5.56 Å². The molecule has 0 aliphatic heterocycles. The number of carbonyl (C=O) groups is 1. The molecule has 0 aliphatic rings. The van der Waals surface area contributed by atoms with Crippen molar-refractivity contribution in [3.63, 3.8) is 0 Å². The van der Waals surface area contributed by atoms with Crippen LogP contribution in [0.25, 0.3) is 16.8 Å². The standard InChI is InChI=1S/C26H22ClN3O3/c1-16-7-9-18(10-8-16)26(32)28-25-23(19-5-4-6-22(15-19)33-3)24(31)17(2)29-30(25)21-13-11-20(27)12-14-21/h4-15H,1-3H3,(H,28,32). The Balaban J connectivity index is 1.96. The second kappa shape index (κ2) is 9.30. The van der Waals surface area contributed by atoms with E-state index in [9.17, 15) is 9.59 Å². The Morgan fingerprint density at radius 2 is 1.70 bits per heavy atom. The molecule has 4 rings (SSSR count). The highest BCUT2D eigenvalue weighted by Crippen LogP contribution is 2.30. The third-order valence-corrected chi connectivity index (χ3v) is 5.48. The second-order valence-electron chi connectivity index (χ2n) is 7.58. The fraction of sp³-hybridized carbons (Fsp3) is 0.115. The van der Waals surface area contributed by atoms with Gasteiger partial charge in [-0.05, 0) is 67.9 Å². The quantitative estimate of drug-likeness (QED) is 0.432. The van der Waals surface area contributed by atoms with Gasteiger partial charge >= 0.3 is 0 Å². The monoisotopic (exact) mass is 459 g/mol. The Hall–Kier alpha value is -3.90. The van der Waals surface area contributed by atoms with Gasteiger partial charge in [-0.15, -0.1) is 0 Å². The van der Waals surface area contributed by atoms with Crippen molar-refractivity contribution in [3.8, 4) is 22.6 Å². The lowest BCUT2D eigenvalue weighted by atomic mass is 10.0. The number of nitrogens with zero attached hydrogens (tertiary/aromatic N) is 2. The van der Waals surface area contributed by atoms with Crippen LogP contribution in [0.2, 0.25) is 5.02 Å². The number of hydrogen-bond acceptors (Lipinski definition) is 4. The van der Waals surface area contributed by atoms with Gasteiger partial charge in [0.05, 0.1) is 18.4 Å². The first kappa shape index (κ1) is 22.3. The number of amides is 1. The van der Waals surface area contributed by atoms with Gasteiger partial charge in [0, 0.05) is 10.6 Å². The molecular formula is C26H22ClN3O3. The van der Waals surface area contributed by atoms with Gasteiger partial charge in [0.25, 0.3) is 5.91 Å². The van der Waals surface area contributed by atoms with Crippen molar-refractivity contribution in [2.45, 2.75) is 13.8 Å². The number of carbonyl (C=O) groups excluding carboxylic acids is 1. The highest BCUT2D eigenvalue weighted by Gasteiger charge is 2.21. The highest BCUT2D eigenvalue weighted by atomic mass is 35.5. The van der Waals surface area contributed by atoms with Gasteiger partial charge < -0.3 is 10.1 Å². The number of rotatable bonds is 5. The highest BCUT2D eigenvalue weighted by molar-refractivity contribution is 6.30. The molecule has 1 amide bonds. The van der Waals surface area contributed by atoms with E-state index in [1.807, 2.05) is 19.1 Å². The lowest BCUT2D eigenvalue weighted by Crippen LogP contribution is -2.25. The molecule has 0 aliphatic carbocycles. The molecule has 0 atom stereocenters. The van der Waals surface area contributed by atoms with Crippen LogP contribution in [0.5, 0.6) is 5.75 Å². The van der Waals surface area contributed by atoms with Crippen LogP contribution in [-0.2, 0) is 0 Å². The van der Waals surface area contributed by atoms with Gasteiger partial charge in [-0.1, -0.05) is 41.4 Å². The summed E-state index contributed by atoms with van der Waals surface area (Å²) in [6.45, 7) is 3.59. The third-order valence-electron chi connectivity index (χ3n) is 5.23. The van der Waals surface area contributed by atoms with Crippen molar-refractivity contribution < 1.29 is 9.53 Å². The summed E-state index contributed by atoms with van der Waals surface area (Å²) in [5, 5.41) is 7.96. The summed E-state index contributed by atoms with van der Waals surface area (Å²) >= 11 is 6.07. The number of nitrogens with one attached hydrogen (secondary N) is 1. The molecule has 33 heavy (non-hydrogen) atoms. The molecule has 6 nitrogen and oxygen atoms in total. The lowest BCUT2D eigenvalue weighted by molar-refractivity contribution is 0.102. The van der Waals surface area contributed by atoms with Crippen molar-refractivity contribution in [3.05, 3.63) is 105 Å². The molecule has 1 N–H and O–H groups in total. The van der Waals surface area contributed by atoms with Gasteiger partial charge in [0.15, 0.2) is 0 Å². The molecule has 0 fully saturated rings. The van der Waals surface area contributed by atoms with Crippen LogP contribution >= 0.6 is 11.6 Å². The molecule has 0 spiro atoms. The zero-order valence-electron chi connectivity index (χ0n) is 18.4. The molecule has 0 radical (unpaired) electrons. The molecule has 0 saturated carbocycles. The maximum absolute atomic E-state index is 13.3. The van der Waals surface area contributed by atoms with Crippen molar-refractivity contribution in [1.82, 2.24) is 9.78 Å². The van der Waals surface area contributed by atoms with Crippen LogP contribution in [0.3, 0.4) is 0 Å². The second-order valence-corrected chi connectivity index (χ2v) is 8.01. The Morgan fingerprint density at radius 3 is 2.36 bits per heavy atom. The smallest absolute Gasteiger partial charge is 0.256 e. The molecule has 1 aromatic heterocycles. The third kappa shape index (κ3) is 4.66. The van der Waals surface area contributed by atoms with Crippen LogP contribution in [0.4, 0.5) is 5.82 Å². The van der Waals surface area contributed by atoms with E-state index in [-0.39, 0.29) is 22.8 Å². The van der Waals surface area contributed by atoms with Crippen LogP contribution in [-0.4, -0.2) is 22.8 Å². The number of halogens is 1. The fourth-order valence-corrected chi connectivity index (χ4v) is 3.58. The molecule has 7 heteroatoms. The van der Waals surface area contributed by atoms with E-state index >= 15 is 0 Å². The normalized spacial score (nSPS) is 10.7. The SMILES string of the molecule is COc1cccc(-c2c(NC(=O)c3ccc(C)cc3)n(-c3ccc(Cl)cc3)nc(C)c2=O)c1. The largest absolute Gasteiger partial charge is 0.497 e. The number of anilines is 1. The zero-order valence-corrected chi connectivity index (χ0v) is 19.2. The summed E-state index contributed by atoms with van der Waals surface area (Å²) in [6, 6.07) is 21.3. The first-order valence-corrected chi connectivity index (χ1v) is 10.7. The summed E-state index contributed by atoms with van der Waals surface area (Å²) in [7, 11) is 1.56. The number of aromatic nitrogens is 2. The lowest BCUT2D eigenvalue weighted by Gasteiger charge is -2.19. The van der Waals surface area contributed by atoms with E-state index < -0.39 is 0 Å². The molecule has 1 heterocycles. The number of aryl methyl sites for hydroxylation is 2. The molecule has 0 bridgehead atoms. The van der Waals surface area contributed by atoms with Crippen LogP contribution in [0.1, 0.15) is 21.6 Å². The summed E-state index contributed by atoms with van der Waals surface area (Å²) in [5.41, 5.74) is 3.07. The van der Waals surface area contributed by atoms with Gasteiger partial charge in [-0.25, -0.2) is 4.68 Å². The maximum atomic E-state index is 13.3. The average Bonchev–Trinajstić information content (AvgIpc) is 2.82. The fourth-order valence-electron chi connectivity index (χ4n) is 3.46. The maximum Gasteiger partial charge on any atom is 0.256 e. The van der Waals surface area contributed by atoms with Crippen molar-refractivity contribution >= 4 is 23.3 Å². The van der Waals surface area contributed by atoms with Crippen molar-refractivity contribution in [1.29, 1.82) is 0 Å². The van der Waals surface area contributed by atoms with E-state index in [1.54, 1.807) is 79.4 Å². The first-order valence-electron chi connectivity index (χ1n) is 10.3. The number of ether oxygens (including phenoxy) is 1. The van der Waals surface area contributed by atoms with Crippen LogP contribution in [0.15, 0.2) is 77.6 Å². The van der Waals surface area contributed by atoms with E-state index in [2.05, 4.69) is 10.4 Å². The molecule has 4 aromatic rings. The first-order chi connectivity index (χ1) is 15.9. The molecular weight excluding hydrogens is 438 g/mol. The van der Waals surface area contributed by atoms with E-state index in [4.69, 9.17) is 16.3 Å². The Bertz CT molecular complexity index is 1380.